The van der Waals surface area contributed by atoms with E-state index in [4.69, 9.17) is 15.2 Å². The summed E-state index contributed by atoms with van der Waals surface area (Å²) in [4.78, 5) is 28.4. The second-order valence-electron chi connectivity index (χ2n) is 5.72. The maximum absolute atomic E-state index is 12.3. The third-order valence-corrected chi connectivity index (χ3v) is 4.13. The second-order valence-corrected chi connectivity index (χ2v) is 5.72. The number of primary amides is 1. The third kappa shape index (κ3) is 3.21. The number of carbonyl (C=O) groups is 2. The van der Waals surface area contributed by atoms with Gasteiger partial charge in [-0.3, -0.25) is 4.79 Å². The number of para-hydroxylation sites is 2. The van der Waals surface area contributed by atoms with Crippen LogP contribution in [-0.2, 0) is 11.3 Å². The average molecular weight is 350 g/mol. The highest BCUT2D eigenvalue weighted by Crippen LogP contribution is 2.25. The monoisotopic (exact) mass is 350 g/mol. The van der Waals surface area contributed by atoms with E-state index in [0.717, 1.165) is 16.5 Å². The highest BCUT2D eigenvalue weighted by Gasteiger charge is 2.20. The van der Waals surface area contributed by atoms with Crippen LogP contribution in [0.3, 0.4) is 0 Å². The van der Waals surface area contributed by atoms with Crippen LogP contribution in [0.2, 0.25) is 0 Å². The first kappa shape index (κ1) is 17.4. The van der Waals surface area contributed by atoms with E-state index in [1.165, 1.54) is 7.11 Å². The Bertz CT molecular complexity index is 998. The molecule has 0 saturated heterocycles. The van der Waals surface area contributed by atoms with Crippen molar-refractivity contribution in [2.45, 2.75) is 13.5 Å². The molecule has 2 aromatic carbocycles. The fourth-order valence-corrected chi connectivity index (χ4v) is 2.86. The first-order valence-corrected chi connectivity index (χ1v) is 8.01. The Kier molecular flexibility index (Phi) is 4.84. The molecule has 1 amide bonds. The Morgan fingerprint density at radius 3 is 2.50 bits per heavy atom. The van der Waals surface area contributed by atoms with Gasteiger partial charge in [-0.15, -0.1) is 0 Å². The molecular weight excluding hydrogens is 332 g/mol. The zero-order valence-corrected chi connectivity index (χ0v) is 14.5. The number of benzene rings is 2. The number of hydrogen-bond donors (Lipinski definition) is 1. The smallest absolute Gasteiger partial charge is 0.340 e. The topological polar surface area (TPSA) is 91.5 Å². The Morgan fingerprint density at radius 2 is 1.77 bits per heavy atom. The van der Waals surface area contributed by atoms with Crippen molar-refractivity contribution in [2.75, 3.05) is 7.11 Å². The van der Waals surface area contributed by atoms with Crippen LogP contribution in [0, 0.1) is 6.92 Å². The maximum atomic E-state index is 12.3. The molecule has 132 valence electrons. The molecule has 0 aliphatic rings. The summed E-state index contributed by atoms with van der Waals surface area (Å²) in [5.41, 5.74) is 7.96. The van der Waals surface area contributed by atoms with E-state index < -0.39 is 11.9 Å². The molecular formula is C20H18N2O4. The number of ether oxygens (including phenoxy) is 2. The summed E-state index contributed by atoms with van der Waals surface area (Å²) < 4.78 is 10.7. The van der Waals surface area contributed by atoms with Crippen molar-refractivity contribution in [3.05, 3.63) is 70.9 Å². The first-order valence-electron chi connectivity index (χ1n) is 8.01. The van der Waals surface area contributed by atoms with Gasteiger partial charge in [-0.05, 0) is 30.7 Å². The molecule has 0 bridgehead atoms. The van der Waals surface area contributed by atoms with Gasteiger partial charge in [0.2, 0.25) is 0 Å². The van der Waals surface area contributed by atoms with Crippen LogP contribution in [0.4, 0.5) is 0 Å². The number of aryl methyl sites for hydroxylation is 1. The summed E-state index contributed by atoms with van der Waals surface area (Å²) >= 11 is 0. The van der Waals surface area contributed by atoms with Gasteiger partial charge in [0, 0.05) is 5.39 Å². The molecule has 0 unspecified atom stereocenters. The van der Waals surface area contributed by atoms with Crippen molar-refractivity contribution >= 4 is 22.8 Å². The van der Waals surface area contributed by atoms with Gasteiger partial charge in [0.1, 0.15) is 12.4 Å². The molecule has 0 aliphatic carbocycles. The van der Waals surface area contributed by atoms with Gasteiger partial charge in [-0.2, -0.15) is 0 Å². The number of pyridine rings is 1. The van der Waals surface area contributed by atoms with Crippen LogP contribution >= 0.6 is 0 Å². The lowest BCUT2D eigenvalue weighted by molar-refractivity contribution is 0.0596. The lowest BCUT2D eigenvalue weighted by Gasteiger charge is -2.15. The van der Waals surface area contributed by atoms with Crippen molar-refractivity contribution in [1.29, 1.82) is 0 Å². The molecule has 6 heteroatoms. The molecule has 2 N–H and O–H groups in total. The lowest BCUT2D eigenvalue weighted by Crippen LogP contribution is -2.15. The number of esters is 1. The maximum Gasteiger partial charge on any atom is 0.340 e. The molecule has 0 fully saturated rings. The Balaban J connectivity index is 2.04. The van der Waals surface area contributed by atoms with Gasteiger partial charge in [0.15, 0.2) is 0 Å². The van der Waals surface area contributed by atoms with E-state index >= 15 is 0 Å². The first-order chi connectivity index (χ1) is 12.5. The Hall–Kier alpha value is -3.41. The number of nitrogens with two attached hydrogens (primary N) is 1. The van der Waals surface area contributed by atoms with Gasteiger partial charge in [-0.1, -0.05) is 30.3 Å². The van der Waals surface area contributed by atoms with E-state index in [9.17, 15) is 9.59 Å². The average Bonchev–Trinajstić information content (AvgIpc) is 2.66. The zero-order valence-electron chi connectivity index (χ0n) is 14.5. The highest BCUT2D eigenvalue weighted by molar-refractivity contribution is 5.98. The quantitative estimate of drug-likeness (QED) is 0.714. The summed E-state index contributed by atoms with van der Waals surface area (Å²) in [6.07, 6.45) is 0. The molecule has 0 aliphatic heterocycles. The van der Waals surface area contributed by atoms with Gasteiger partial charge in [0.05, 0.1) is 29.4 Å². The van der Waals surface area contributed by atoms with Crippen LogP contribution in [-0.4, -0.2) is 24.0 Å². The molecule has 6 nitrogen and oxygen atoms in total. The van der Waals surface area contributed by atoms with Crippen molar-refractivity contribution in [1.82, 2.24) is 4.98 Å². The fourth-order valence-electron chi connectivity index (χ4n) is 2.86. The summed E-state index contributed by atoms with van der Waals surface area (Å²) in [6, 6.07) is 14.2. The van der Waals surface area contributed by atoms with Gasteiger partial charge < -0.3 is 15.2 Å². The van der Waals surface area contributed by atoms with Gasteiger partial charge >= 0.3 is 5.97 Å². The molecule has 0 spiro atoms. The van der Waals surface area contributed by atoms with Crippen molar-refractivity contribution in [3.8, 4) is 5.75 Å². The Morgan fingerprint density at radius 1 is 1.08 bits per heavy atom. The largest absolute Gasteiger partial charge is 0.486 e. The van der Waals surface area contributed by atoms with E-state index in [-0.39, 0.29) is 12.2 Å². The minimum atomic E-state index is -0.587. The third-order valence-electron chi connectivity index (χ3n) is 4.13. The molecule has 0 atom stereocenters. The van der Waals surface area contributed by atoms with Crippen LogP contribution in [0.5, 0.6) is 5.75 Å². The van der Waals surface area contributed by atoms with Crippen LogP contribution in [0.15, 0.2) is 48.5 Å². The second kappa shape index (κ2) is 7.23. The van der Waals surface area contributed by atoms with Crippen LogP contribution in [0.25, 0.3) is 10.9 Å². The van der Waals surface area contributed by atoms with E-state index in [1.54, 1.807) is 24.3 Å². The molecule has 26 heavy (non-hydrogen) atoms. The minimum absolute atomic E-state index is 0.000398. The highest BCUT2D eigenvalue weighted by atomic mass is 16.5. The SMILES string of the molecule is COC(=O)c1c(COc2ccccc2C(N)=O)nc2ccccc2c1C. The summed E-state index contributed by atoms with van der Waals surface area (Å²) in [5.74, 6) is -0.734. The number of nitrogens with zero attached hydrogens (tertiary/aromatic N) is 1. The summed E-state index contributed by atoms with van der Waals surface area (Å²) in [5, 5.41) is 0.870. The lowest BCUT2D eigenvalue weighted by atomic mass is 10.0. The molecule has 3 aromatic rings. The minimum Gasteiger partial charge on any atom is -0.486 e. The standard InChI is InChI=1S/C20H18N2O4/c1-12-13-7-3-5-9-15(13)22-16(18(12)20(24)25-2)11-26-17-10-6-4-8-14(17)19(21)23/h3-10H,11H2,1-2H3,(H2,21,23). The van der Waals surface area contributed by atoms with E-state index in [2.05, 4.69) is 4.98 Å². The normalized spacial score (nSPS) is 10.5. The number of carbonyl (C=O) groups excluding carboxylic acids is 2. The van der Waals surface area contributed by atoms with Crippen molar-refractivity contribution in [2.24, 2.45) is 5.73 Å². The predicted octanol–water partition coefficient (Wildman–Crippen LogP) is 3.01. The number of rotatable bonds is 5. The molecule has 3 rings (SSSR count). The number of aromatic nitrogens is 1. The van der Waals surface area contributed by atoms with Crippen LogP contribution < -0.4 is 10.5 Å². The van der Waals surface area contributed by atoms with Crippen molar-refractivity contribution < 1.29 is 19.1 Å². The zero-order chi connectivity index (χ0) is 18.7. The number of hydrogen-bond acceptors (Lipinski definition) is 5. The summed E-state index contributed by atoms with van der Waals surface area (Å²) in [6.45, 7) is 1.84. The summed E-state index contributed by atoms with van der Waals surface area (Å²) in [7, 11) is 1.32. The molecule has 1 aromatic heterocycles. The fraction of sp³-hybridized carbons (Fsp3) is 0.150. The number of amides is 1. The predicted molar refractivity (Wildman–Crippen MR) is 97.1 cm³/mol. The Labute approximate surface area is 150 Å². The molecule has 0 saturated carbocycles. The van der Waals surface area contributed by atoms with Crippen LogP contribution in [0.1, 0.15) is 32.0 Å². The molecule has 1 heterocycles. The number of fused-ring (bicyclic) bond motifs is 1. The number of methoxy groups -OCH3 is 1. The van der Waals surface area contributed by atoms with Gasteiger partial charge in [-0.25, -0.2) is 9.78 Å². The van der Waals surface area contributed by atoms with Gasteiger partial charge in [0.25, 0.3) is 5.91 Å². The van der Waals surface area contributed by atoms with E-state index in [1.807, 2.05) is 31.2 Å². The molecule has 0 radical (unpaired) electrons. The van der Waals surface area contributed by atoms with E-state index in [0.29, 0.717) is 17.0 Å². The van der Waals surface area contributed by atoms with Crippen molar-refractivity contribution in [3.63, 3.8) is 0 Å².